The molecule has 0 heterocycles. The molecule has 30 heavy (non-hydrogen) atoms. The Morgan fingerprint density at radius 1 is 1.07 bits per heavy atom. The number of hydrogen-bond acceptors (Lipinski definition) is 3. The van der Waals surface area contributed by atoms with Crippen molar-refractivity contribution >= 4 is 11.9 Å². The molecule has 0 aliphatic heterocycles. The van der Waals surface area contributed by atoms with E-state index in [1.165, 1.54) is 5.56 Å². The van der Waals surface area contributed by atoms with Gasteiger partial charge in [0.25, 0.3) is 5.91 Å². The van der Waals surface area contributed by atoms with Gasteiger partial charge in [0.15, 0.2) is 5.96 Å². The molecule has 0 spiro atoms. The maximum absolute atomic E-state index is 11.8. The van der Waals surface area contributed by atoms with Gasteiger partial charge in [0, 0.05) is 32.2 Å². The van der Waals surface area contributed by atoms with Crippen molar-refractivity contribution in [1.29, 1.82) is 0 Å². The summed E-state index contributed by atoms with van der Waals surface area (Å²) in [5, 5.41) is 9.29. The second-order valence-electron chi connectivity index (χ2n) is 7.09. The van der Waals surface area contributed by atoms with Gasteiger partial charge in [-0.15, -0.1) is 0 Å². The predicted octanol–water partition coefficient (Wildman–Crippen LogP) is 3.31. The van der Waals surface area contributed by atoms with Crippen LogP contribution in [-0.4, -0.2) is 45.2 Å². The number of guanidine groups is 1. The summed E-state index contributed by atoms with van der Waals surface area (Å²) in [5.41, 5.74) is 3.04. The SMILES string of the molecule is CCNC(=NCCCCOc1ccc(C)cc1)NCCc1cccc(C(=O)NC)c1. The zero-order chi connectivity index (χ0) is 21.6. The average molecular weight is 411 g/mol. The van der Waals surface area contributed by atoms with E-state index in [1.807, 2.05) is 36.4 Å². The Kier molecular flexibility index (Phi) is 10.3. The standard InChI is InChI=1S/C24H34N4O2/c1-4-26-24(27-15-5-6-17-30-22-12-10-19(2)11-13-22)28-16-14-20-8-7-9-21(18-20)23(29)25-3/h7-13,18H,4-6,14-17H2,1-3H3,(H,25,29)(H2,26,27,28). The highest BCUT2D eigenvalue weighted by atomic mass is 16.5. The van der Waals surface area contributed by atoms with Crippen LogP contribution in [-0.2, 0) is 6.42 Å². The minimum atomic E-state index is -0.0638. The molecule has 6 nitrogen and oxygen atoms in total. The third-order valence-corrected chi connectivity index (χ3v) is 4.58. The molecule has 2 rings (SSSR count). The first-order valence-electron chi connectivity index (χ1n) is 10.6. The monoisotopic (exact) mass is 410 g/mol. The molecule has 1 amide bonds. The van der Waals surface area contributed by atoms with Gasteiger partial charge >= 0.3 is 0 Å². The first-order chi connectivity index (χ1) is 14.6. The fourth-order valence-electron chi connectivity index (χ4n) is 2.91. The molecule has 0 aliphatic rings. The van der Waals surface area contributed by atoms with Crippen LogP contribution in [0.4, 0.5) is 0 Å². The Hall–Kier alpha value is -3.02. The molecular weight excluding hydrogens is 376 g/mol. The summed E-state index contributed by atoms with van der Waals surface area (Å²) in [4.78, 5) is 16.4. The lowest BCUT2D eigenvalue weighted by Crippen LogP contribution is -2.38. The van der Waals surface area contributed by atoms with Gasteiger partial charge in [0.05, 0.1) is 6.61 Å². The Balaban J connectivity index is 1.69. The van der Waals surface area contributed by atoms with Crippen LogP contribution in [0.25, 0.3) is 0 Å². The van der Waals surface area contributed by atoms with Crippen molar-refractivity contribution in [3.63, 3.8) is 0 Å². The summed E-state index contributed by atoms with van der Waals surface area (Å²) >= 11 is 0. The third kappa shape index (κ3) is 8.55. The molecule has 2 aromatic rings. The van der Waals surface area contributed by atoms with Crippen LogP contribution in [0.15, 0.2) is 53.5 Å². The molecule has 3 N–H and O–H groups in total. The van der Waals surface area contributed by atoms with E-state index < -0.39 is 0 Å². The molecule has 0 radical (unpaired) electrons. The van der Waals surface area contributed by atoms with Crippen molar-refractivity contribution in [2.45, 2.75) is 33.1 Å². The summed E-state index contributed by atoms with van der Waals surface area (Å²) in [5.74, 6) is 1.67. The Morgan fingerprint density at radius 2 is 1.87 bits per heavy atom. The lowest BCUT2D eigenvalue weighted by Gasteiger charge is -2.12. The number of nitrogens with zero attached hydrogens (tertiary/aromatic N) is 1. The van der Waals surface area contributed by atoms with Gasteiger partial charge in [0.1, 0.15) is 5.75 Å². The number of aliphatic imine (C=N–C) groups is 1. The first-order valence-corrected chi connectivity index (χ1v) is 10.6. The molecular formula is C24H34N4O2. The van der Waals surface area contributed by atoms with Gasteiger partial charge < -0.3 is 20.7 Å². The van der Waals surface area contributed by atoms with Gasteiger partial charge in [-0.25, -0.2) is 0 Å². The quantitative estimate of drug-likeness (QED) is 0.302. The van der Waals surface area contributed by atoms with Crippen molar-refractivity contribution in [2.24, 2.45) is 4.99 Å². The van der Waals surface area contributed by atoms with Crippen molar-refractivity contribution in [3.8, 4) is 5.75 Å². The summed E-state index contributed by atoms with van der Waals surface area (Å²) in [7, 11) is 1.64. The second kappa shape index (κ2) is 13.2. The number of rotatable bonds is 11. The third-order valence-electron chi connectivity index (χ3n) is 4.58. The van der Waals surface area contributed by atoms with E-state index in [9.17, 15) is 4.79 Å². The lowest BCUT2D eigenvalue weighted by atomic mass is 10.1. The molecule has 0 unspecified atom stereocenters. The van der Waals surface area contributed by atoms with Gasteiger partial charge in [-0.05, 0) is 62.9 Å². The summed E-state index contributed by atoms with van der Waals surface area (Å²) in [6.07, 6.45) is 2.75. The van der Waals surface area contributed by atoms with Crippen LogP contribution in [0, 0.1) is 6.92 Å². The minimum Gasteiger partial charge on any atom is -0.494 e. The van der Waals surface area contributed by atoms with Crippen LogP contribution in [0.5, 0.6) is 5.75 Å². The van der Waals surface area contributed by atoms with Gasteiger partial charge in [-0.3, -0.25) is 9.79 Å². The van der Waals surface area contributed by atoms with E-state index in [1.54, 1.807) is 7.05 Å². The zero-order valence-corrected chi connectivity index (χ0v) is 18.3. The fourth-order valence-corrected chi connectivity index (χ4v) is 2.91. The smallest absolute Gasteiger partial charge is 0.251 e. The highest BCUT2D eigenvalue weighted by molar-refractivity contribution is 5.94. The van der Waals surface area contributed by atoms with E-state index >= 15 is 0 Å². The fraction of sp³-hybridized carbons (Fsp3) is 0.417. The molecule has 0 fully saturated rings. The molecule has 2 aromatic carbocycles. The maximum atomic E-state index is 11.8. The summed E-state index contributed by atoms with van der Waals surface area (Å²) in [6.45, 7) is 7.14. The number of unbranched alkanes of at least 4 members (excludes halogenated alkanes) is 1. The number of nitrogens with one attached hydrogen (secondary N) is 3. The predicted molar refractivity (Wildman–Crippen MR) is 123 cm³/mol. The van der Waals surface area contributed by atoms with Crippen LogP contribution < -0.4 is 20.7 Å². The highest BCUT2D eigenvalue weighted by Crippen LogP contribution is 2.11. The second-order valence-corrected chi connectivity index (χ2v) is 7.09. The number of carbonyl (C=O) groups is 1. The number of amides is 1. The number of ether oxygens (including phenoxy) is 1. The van der Waals surface area contributed by atoms with E-state index in [2.05, 4.69) is 46.9 Å². The van der Waals surface area contributed by atoms with Crippen molar-refractivity contribution in [2.75, 3.05) is 33.3 Å². The first kappa shape index (κ1) is 23.3. The number of benzene rings is 2. The van der Waals surface area contributed by atoms with E-state index in [4.69, 9.17) is 4.74 Å². The van der Waals surface area contributed by atoms with Crippen LogP contribution >= 0.6 is 0 Å². The molecule has 0 atom stereocenters. The average Bonchev–Trinajstić information content (AvgIpc) is 2.77. The number of aryl methyl sites for hydroxylation is 1. The normalized spacial score (nSPS) is 11.1. The number of hydrogen-bond donors (Lipinski definition) is 3. The molecule has 0 aliphatic carbocycles. The van der Waals surface area contributed by atoms with Crippen LogP contribution in [0.2, 0.25) is 0 Å². The van der Waals surface area contributed by atoms with Crippen molar-refractivity contribution in [1.82, 2.24) is 16.0 Å². The highest BCUT2D eigenvalue weighted by Gasteiger charge is 2.04. The zero-order valence-electron chi connectivity index (χ0n) is 18.3. The number of carbonyl (C=O) groups excluding carboxylic acids is 1. The molecule has 0 saturated heterocycles. The van der Waals surface area contributed by atoms with E-state index in [0.717, 1.165) is 56.2 Å². The Labute approximate surface area is 180 Å². The largest absolute Gasteiger partial charge is 0.494 e. The minimum absolute atomic E-state index is 0.0638. The summed E-state index contributed by atoms with van der Waals surface area (Å²) in [6, 6.07) is 15.8. The topological polar surface area (TPSA) is 74.8 Å². The van der Waals surface area contributed by atoms with Crippen molar-refractivity contribution in [3.05, 3.63) is 65.2 Å². The summed E-state index contributed by atoms with van der Waals surface area (Å²) < 4.78 is 5.76. The Bertz CT molecular complexity index is 803. The van der Waals surface area contributed by atoms with Gasteiger partial charge in [-0.2, -0.15) is 0 Å². The molecule has 0 aromatic heterocycles. The lowest BCUT2D eigenvalue weighted by molar-refractivity contribution is 0.0963. The van der Waals surface area contributed by atoms with E-state index in [0.29, 0.717) is 12.2 Å². The van der Waals surface area contributed by atoms with Gasteiger partial charge in [-0.1, -0.05) is 29.8 Å². The van der Waals surface area contributed by atoms with Crippen molar-refractivity contribution < 1.29 is 9.53 Å². The molecule has 6 heteroatoms. The molecule has 162 valence electrons. The van der Waals surface area contributed by atoms with Gasteiger partial charge in [0.2, 0.25) is 0 Å². The maximum Gasteiger partial charge on any atom is 0.251 e. The molecule has 0 bridgehead atoms. The Morgan fingerprint density at radius 3 is 2.60 bits per heavy atom. The van der Waals surface area contributed by atoms with Crippen LogP contribution in [0.1, 0.15) is 41.3 Å². The molecule has 0 saturated carbocycles. The van der Waals surface area contributed by atoms with Crippen LogP contribution in [0.3, 0.4) is 0 Å². The van der Waals surface area contributed by atoms with E-state index in [-0.39, 0.29) is 5.91 Å².